The third-order valence-corrected chi connectivity index (χ3v) is 2.78. The van der Waals surface area contributed by atoms with Crippen LogP contribution in [-0.4, -0.2) is 57.1 Å². The molecule has 5 N–H and O–H groups in total. The number of carbonyl (C=O) groups is 3. The topological polar surface area (TPSA) is 159 Å². The summed E-state index contributed by atoms with van der Waals surface area (Å²) in [5, 5.41) is 23.4. The highest BCUT2D eigenvalue weighted by Gasteiger charge is 2.28. The first-order valence-electron chi connectivity index (χ1n) is 8.45. The Morgan fingerprint density at radius 1 is 1.04 bits per heavy atom. The smallest absolute Gasteiger partial charge is 0.408 e. The van der Waals surface area contributed by atoms with Crippen LogP contribution >= 0.6 is 0 Å². The van der Waals surface area contributed by atoms with E-state index in [0.29, 0.717) is 0 Å². The quantitative estimate of drug-likeness (QED) is 0.467. The van der Waals surface area contributed by atoms with Crippen molar-refractivity contribution >= 4 is 18.2 Å². The largest absolute Gasteiger partial charge is 0.494 e. The summed E-state index contributed by atoms with van der Waals surface area (Å²) in [6.07, 6.45) is -1.72. The molecule has 1 atom stereocenters. The summed E-state index contributed by atoms with van der Waals surface area (Å²) in [7, 11) is 0. The van der Waals surface area contributed by atoms with Crippen molar-refractivity contribution in [3.63, 3.8) is 0 Å². The average molecular weight is 401 g/mol. The van der Waals surface area contributed by atoms with Crippen molar-refractivity contribution in [2.45, 2.75) is 58.8 Å². The van der Waals surface area contributed by atoms with E-state index in [0.717, 1.165) is 6.07 Å². The van der Waals surface area contributed by atoms with Gasteiger partial charge in [-0.1, -0.05) is 0 Å². The van der Waals surface area contributed by atoms with E-state index in [4.69, 9.17) is 14.2 Å². The van der Waals surface area contributed by atoms with Crippen LogP contribution in [0.3, 0.4) is 0 Å². The lowest BCUT2D eigenvalue weighted by Crippen LogP contribution is -2.51. The lowest BCUT2D eigenvalue weighted by Gasteiger charge is -2.24. The minimum absolute atomic E-state index is 0.351. The predicted octanol–water partition coefficient (Wildman–Crippen LogP) is 1.75. The van der Waals surface area contributed by atoms with Gasteiger partial charge in [0.1, 0.15) is 17.2 Å². The number of amides is 2. The molecule has 0 bridgehead atoms. The van der Waals surface area contributed by atoms with Crippen molar-refractivity contribution in [1.29, 1.82) is 0 Å². The van der Waals surface area contributed by atoms with Gasteiger partial charge in [0.15, 0.2) is 11.6 Å². The maximum absolute atomic E-state index is 12.4. The Labute approximate surface area is 162 Å². The van der Waals surface area contributed by atoms with Gasteiger partial charge in [-0.05, 0) is 41.5 Å². The molecule has 0 radical (unpaired) electrons. The fourth-order valence-electron chi connectivity index (χ4n) is 1.81. The first kappa shape index (κ1) is 22.9. The van der Waals surface area contributed by atoms with E-state index in [1.54, 1.807) is 41.5 Å². The molecule has 0 aliphatic heterocycles. The van der Waals surface area contributed by atoms with Crippen LogP contribution in [0, 0.1) is 0 Å². The fraction of sp³-hybridized carbons (Fsp3) is 0.588. The number of aromatic nitrogens is 1. The van der Waals surface area contributed by atoms with Crippen LogP contribution in [0.1, 0.15) is 41.5 Å². The van der Waals surface area contributed by atoms with E-state index in [1.807, 2.05) is 0 Å². The molecular weight excluding hydrogens is 374 g/mol. The number of aromatic hydroxyl groups is 2. The van der Waals surface area contributed by atoms with E-state index in [2.05, 4.69) is 15.6 Å². The van der Waals surface area contributed by atoms with Gasteiger partial charge in [-0.3, -0.25) is 4.98 Å². The van der Waals surface area contributed by atoms with Gasteiger partial charge in [0.05, 0.1) is 6.54 Å². The van der Waals surface area contributed by atoms with Crippen LogP contribution < -0.4 is 15.4 Å². The van der Waals surface area contributed by atoms with Gasteiger partial charge >= 0.3 is 18.2 Å². The maximum Gasteiger partial charge on any atom is 0.408 e. The van der Waals surface area contributed by atoms with E-state index in [1.165, 1.54) is 0 Å². The second-order valence-electron chi connectivity index (χ2n) is 7.87. The Balaban J connectivity index is 2.84. The number of nitrogens with one attached hydrogen (secondary N) is 3. The minimum atomic E-state index is -1.36. The Morgan fingerprint density at radius 3 is 2.04 bits per heavy atom. The van der Waals surface area contributed by atoms with Crippen molar-refractivity contribution in [3.05, 3.63) is 6.07 Å². The lowest BCUT2D eigenvalue weighted by molar-refractivity contribution is -0.136. The van der Waals surface area contributed by atoms with E-state index in [-0.39, 0.29) is 12.3 Å². The molecule has 1 aromatic heterocycles. The summed E-state index contributed by atoms with van der Waals surface area (Å²) < 4.78 is 15.1. The third-order valence-electron chi connectivity index (χ3n) is 2.78. The highest BCUT2D eigenvalue weighted by molar-refractivity contribution is 5.84. The van der Waals surface area contributed by atoms with Gasteiger partial charge in [-0.15, -0.1) is 0 Å². The highest BCUT2D eigenvalue weighted by Crippen LogP contribution is 2.29. The van der Waals surface area contributed by atoms with Crippen molar-refractivity contribution in [2.75, 3.05) is 6.54 Å². The van der Waals surface area contributed by atoms with E-state index in [9.17, 15) is 24.6 Å². The second kappa shape index (κ2) is 8.72. The Morgan fingerprint density at radius 2 is 1.57 bits per heavy atom. The lowest BCUT2D eigenvalue weighted by atomic mass is 10.2. The van der Waals surface area contributed by atoms with Gasteiger partial charge in [0.25, 0.3) is 0 Å². The Bertz CT molecular complexity index is 715. The molecule has 1 rings (SSSR count). The summed E-state index contributed by atoms with van der Waals surface area (Å²) in [6.45, 7) is 9.54. The van der Waals surface area contributed by atoms with Gasteiger partial charge in [-0.2, -0.15) is 0 Å². The molecule has 11 heteroatoms. The first-order valence-corrected chi connectivity index (χ1v) is 8.45. The summed E-state index contributed by atoms with van der Waals surface area (Å²) >= 11 is 0. The van der Waals surface area contributed by atoms with E-state index < -0.39 is 47.2 Å². The van der Waals surface area contributed by atoms with Crippen LogP contribution in [0.15, 0.2) is 6.07 Å². The molecule has 0 saturated carbocycles. The number of ether oxygens (including phenoxy) is 3. The zero-order valence-electron chi connectivity index (χ0n) is 16.7. The molecule has 1 aromatic rings. The van der Waals surface area contributed by atoms with Gasteiger partial charge in [0.2, 0.25) is 5.88 Å². The minimum Gasteiger partial charge on any atom is -0.494 e. The molecule has 1 unspecified atom stereocenters. The monoisotopic (exact) mass is 401 g/mol. The maximum atomic E-state index is 12.4. The van der Waals surface area contributed by atoms with Crippen LogP contribution in [0.4, 0.5) is 9.59 Å². The second-order valence-corrected chi connectivity index (χ2v) is 7.87. The summed E-state index contributed by atoms with van der Waals surface area (Å²) in [6, 6.07) is -0.391. The van der Waals surface area contributed by atoms with E-state index >= 15 is 0 Å². The molecule has 0 saturated heterocycles. The third kappa shape index (κ3) is 8.52. The number of carbonyl (C=O) groups excluding carboxylic acids is 3. The number of aromatic amines is 1. The highest BCUT2D eigenvalue weighted by atomic mass is 16.6. The van der Waals surface area contributed by atoms with Crippen molar-refractivity contribution < 1.29 is 38.8 Å². The molecule has 0 spiro atoms. The fourth-order valence-corrected chi connectivity index (χ4v) is 1.81. The summed E-state index contributed by atoms with van der Waals surface area (Å²) in [4.78, 5) is 38.3. The van der Waals surface area contributed by atoms with Gasteiger partial charge in [0, 0.05) is 6.07 Å². The average Bonchev–Trinajstić information content (AvgIpc) is 2.77. The number of hydrogen-bond acceptors (Lipinski definition) is 8. The molecule has 11 nitrogen and oxygen atoms in total. The van der Waals surface area contributed by atoms with Crippen molar-refractivity contribution in [1.82, 2.24) is 15.6 Å². The molecule has 0 aliphatic carbocycles. The molecule has 0 aromatic carbocycles. The number of rotatable bonds is 5. The first-order chi connectivity index (χ1) is 12.7. The Hall–Kier alpha value is -3.11. The number of alkyl carbamates (subject to hydrolysis) is 2. The van der Waals surface area contributed by atoms with Crippen molar-refractivity contribution in [2.24, 2.45) is 0 Å². The van der Waals surface area contributed by atoms with Crippen LogP contribution in [0.5, 0.6) is 17.5 Å². The zero-order chi connectivity index (χ0) is 21.7. The molecular formula is C17H27N3O8. The predicted molar refractivity (Wildman–Crippen MR) is 97.2 cm³/mol. The van der Waals surface area contributed by atoms with Crippen LogP contribution in [0.2, 0.25) is 0 Å². The Kier molecular flexibility index (Phi) is 7.14. The van der Waals surface area contributed by atoms with Gasteiger partial charge < -0.3 is 35.1 Å². The SMILES string of the molecule is CC(C)(C)OC(=O)NCC(NC(=O)OC(C)(C)C)C(=O)Oc1cc(O)[nH]c1O. The molecule has 28 heavy (non-hydrogen) atoms. The van der Waals surface area contributed by atoms with Crippen LogP contribution in [-0.2, 0) is 14.3 Å². The van der Waals surface area contributed by atoms with Crippen molar-refractivity contribution in [3.8, 4) is 17.5 Å². The molecule has 1 heterocycles. The normalized spacial score (nSPS) is 12.6. The molecule has 158 valence electrons. The number of H-pyrrole nitrogens is 1. The molecule has 0 fully saturated rings. The molecule has 0 aliphatic rings. The van der Waals surface area contributed by atoms with Gasteiger partial charge in [-0.25, -0.2) is 14.4 Å². The summed E-state index contributed by atoms with van der Waals surface area (Å²) in [5.74, 6) is -2.38. The number of hydrogen-bond donors (Lipinski definition) is 5. The molecule has 2 amide bonds. The standard InChI is InChI=1S/C17H27N3O8/c1-16(2,3)27-14(24)18-8-9(19-15(25)28-17(4,5)6)13(23)26-10-7-11(21)20-12(10)22/h7,9,20-22H,8H2,1-6H3,(H,18,24)(H,19,25). The number of esters is 1. The summed E-state index contributed by atoms with van der Waals surface area (Å²) in [5.41, 5.74) is -1.57. The zero-order valence-corrected chi connectivity index (χ0v) is 16.7. The van der Waals surface area contributed by atoms with Crippen LogP contribution in [0.25, 0.3) is 0 Å².